The zero-order valence-electron chi connectivity index (χ0n) is 19.5. The number of rotatable bonds is 7. The topological polar surface area (TPSA) is 89.7 Å². The average Bonchev–Trinajstić information content (AvgIpc) is 3.44. The van der Waals surface area contributed by atoms with Gasteiger partial charge in [0.1, 0.15) is 17.6 Å². The van der Waals surface area contributed by atoms with Crippen molar-refractivity contribution in [2.45, 2.75) is 51.4 Å². The molecule has 3 heterocycles. The summed E-state index contributed by atoms with van der Waals surface area (Å²) in [5.74, 6) is 0.104. The van der Waals surface area contributed by atoms with Gasteiger partial charge in [-0.2, -0.15) is 18.4 Å². The molecule has 1 saturated heterocycles. The minimum atomic E-state index is -4.28. The van der Waals surface area contributed by atoms with Gasteiger partial charge < -0.3 is 14.9 Å². The van der Waals surface area contributed by atoms with Crippen molar-refractivity contribution < 1.29 is 18.0 Å². The number of hydrogen-bond acceptors (Lipinski definition) is 4. The van der Waals surface area contributed by atoms with E-state index in [0.717, 1.165) is 55.0 Å². The quantitative estimate of drug-likeness (QED) is 0.462. The molecule has 1 aliphatic rings. The number of aryl methyl sites for hydroxylation is 2. The summed E-state index contributed by atoms with van der Waals surface area (Å²) >= 11 is 0. The third-order valence-electron chi connectivity index (χ3n) is 6.53. The van der Waals surface area contributed by atoms with Gasteiger partial charge >= 0.3 is 6.18 Å². The number of halogens is 3. The lowest BCUT2D eigenvalue weighted by molar-refractivity contribution is -0.134. The van der Waals surface area contributed by atoms with Crippen LogP contribution in [0.1, 0.15) is 47.9 Å². The second-order valence-corrected chi connectivity index (χ2v) is 8.87. The normalized spacial score (nSPS) is 15.3. The molecule has 3 aromatic rings. The van der Waals surface area contributed by atoms with Gasteiger partial charge in [-0.15, -0.1) is 0 Å². The van der Waals surface area contributed by atoms with E-state index in [1.807, 2.05) is 12.1 Å². The average molecular weight is 485 g/mol. The lowest BCUT2D eigenvalue weighted by Crippen LogP contribution is -2.34. The molecule has 1 aromatic carbocycles. The molecule has 2 aromatic heterocycles. The summed E-state index contributed by atoms with van der Waals surface area (Å²) in [7, 11) is 0. The molecule has 0 radical (unpaired) electrons. The largest absolute Gasteiger partial charge is 0.389 e. The van der Waals surface area contributed by atoms with Crippen molar-refractivity contribution in [3.63, 3.8) is 0 Å². The number of carbonyl (C=O) groups excluding carboxylic acids is 1. The molecule has 0 aliphatic carbocycles. The number of imidazole rings is 1. The number of carbonyl (C=O) groups is 1. The zero-order valence-corrected chi connectivity index (χ0v) is 19.5. The first kappa shape index (κ1) is 24.5. The number of amides is 1. The molecule has 1 fully saturated rings. The first-order valence-electron chi connectivity index (χ1n) is 11.5. The monoisotopic (exact) mass is 484 g/mol. The minimum Gasteiger partial charge on any atom is -0.346 e. The van der Waals surface area contributed by atoms with Crippen LogP contribution >= 0.6 is 0 Å². The van der Waals surface area contributed by atoms with Gasteiger partial charge in [0.05, 0.1) is 6.42 Å². The number of nitrogens with one attached hydrogen (secondary N) is 2. The van der Waals surface area contributed by atoms with Crippen LogP contribution in [-0.2, 0) is 17.8 Å². The summed E-state index contributed by atoms with van der Waals surface area (Å²) in [6.45, 7) is 7.77. The Hall–Kier alpha value is -3.58. The standard InChI is InChI=1S/C25H27F3N6O/c1-3-24(35)32-22-15-34(23(31-22)6-9-25(26,27)28)19-7-10-33(11-8-19)14-17-4-5-21-20(16(17)2)12-18(13-29)30-21/h3-5,12,15,19,30H,1,6-11,14H2,2H3,(H,32,35). The van der Waals surface area contributed by atoms with E-state index >= 15 is 0 Å². The SMILES string of the molecule is C=CC(=O)Nc1cn(C2CCN(Cc3ccc4[nH]c(C#N)cc4c3C)CC2)c(CCC(F)(F)F)n1. The molecule has 0 saturated carbocycles. The fourth-order valence-electron chi connectivity index (χ4n) is 4.65. The summed E-state index contributed by atoms with van der Waals surface area (Å²) in [6.07, 6.45) is -1.25. The van der Waals surface area contributed by atoms with Crippen molar-refractivity contribution in [1.82, 2.24) is 19.4 Å². The van der Waals surface area contributed by atoms with E-state index in [1.165, 1.54) is 5.56 Å². The van der Waals surface area contributed by atoms with E-state index in [4.69, 9.17) is 5.26 Å². The van der Waals surface area contributed by atoms with Gasteiger partial charge in [-0.1, -0.05) is 12.6 Å². The number of aromatic nitrogens is 3. The number of benzene rings is 1. The molecule has 0 spiro atoms. The Morgan fingerprint density at radius 2 is 2.11 bits per heavy atom. The van der Waals surface area contributed by atoms with E-state index in [1.54, 1.807) is 10.8 Å². The van der Waals surface area contributed by atoms with Crippen LogP contribution in [0.5, 0.6) is 0 Å². The van der Waals surface area contributed by atoms with E-state index in [0.29, 0.717) is 11.5 Å². The van der Waals surface area contributed by atoms with Crippen LogP contribution in [0.4, 0.5) is 19.0 Å². The Labute approximate surface area is 201 Å². The summed E-state index contributed by atoms with van der Waals surface area (Å²) < 4.78 is 40.4. The molecule has 1 amide bonds. The first-order valence-corrected chi connectivity index (χ1v) is 11.5. The molecule has 0 bridgehead atoms. The van der Waals surface area contributed by atoms with Crippen molar-refractivity contribution in [1.29, 1.82) is 5.26 Å². The maximum Gasteiger partial charge on any atom is 0.389 e. The second-order valence-electron chi connectivity index (χ2n) is 8.87. The highest BCUT2D eigenvalue weighted by atomic mass is 19.4. The summed E-state index contributed by atoms with van der Waals surface area (Å²) in [5.41, 5.74) is 3.79. The predicted molar refractivity (Wildman–Crippen MR) is 127 cm³/mol. The number of hydrogen-bond donors (Lipinski definition) is 2. The van der Waals surface area contributed by atoms with Crippen LogP contribution in [-0.4, -0.2) is 44.6 Å². The van der Waals surface area contributed by atoms with Crippen LogP contribution in [0.3, 0.4) is 0 Å². The van der Waals surface area contributed by atoms with Gasteiger partial charge in [-0.3, -0.25) is 9.69 Å². The molecule has 4 rings (SSSR count). The molecular weight excluding hydrogens is 457 g/mol. The van der Waals surface area contributed by atoms with E-state index in [2.05, 4.69) is 45.8 Å². The number of anilines is 1. The van der Waals surface area contributed by atoms with Crippen molar-refractivity contribution in [3.8, 4) is 6.07 Å². The van der Waals surface area contributed by atoms with Gasteiger partial charge in [0, 0.05) is 49.2 Å². The third kappa shape index (κ3) is 5.74. The highest BCUT2D eigenvalue weighted by molar-refractivity contribution is 5.98. The van der Waals surface area contributed by atoms with Crippen LogP contribution in [0, 0.1) is 18.3 Å². The number of H-pyrrole nitrogens is 1. The fourth-order valence-corrected chi connectivity index (χ4v) is 4.65. The Balaban J connectivity index is 1.45. The molecule has 0 unspecified atom stereocenters. The number of nitriles is 1. The molecule has 1 aliphatic heterocycles. The van der Waals surface area contributed by atoms with E-state index < -0.39 is 18.5 Å². The number of likely N-dealkylation sites (tertiary alicyclic amines) is 1. The maximum atomic E-state index is 12.9. The molecule has 7 nitrogen and oxygen atoms in total. The van der Waals surface area contributed by atoms with Crippen molar-refractivity contribution in [2.75, 3.05) is 18.4 Å². The Morgan fingerprint density at radius 3 is 2.77 bits per heavy atom. The van der Waals surface area contributed by atoms with Crippen molar-refractivity contribution in [2.24, 2.45) is 0 Å². The molecule has 184 valence electrons. The van der Waals surface area contributed by atoms with Crippen molar-refractivity contribution >= 4 is 22.6 Å². The molecule has 10 heteroatoms. The minimum absolute atomic E-state index is 0.00260. The third-order valence-corrected chi connectivity index (χ3v) is 6.53. The molecular formula is C25H27F3N6O. The number of nitrogens with zero attached hydrogens (tertiary/aromatic N) is 4. The summed E-state index contributed by atoms with van der Waals surface area (Å²) in [4.78, 5) is 21.3. The number of fused-ring (bicyclic) bond motifs is 1. The van der Waals surface area contributed by atoms with E-state index in [9.17, 15) is 18.0 Å². The number of alkyl halides is 3. The van der Waals surface area contributed by atoms with Crippen molar-refractivity contribution in [3.05, 3.63) is 59.7 Å². The van der Waals surface area contributed by atoms with Gasteiger partial charge in [0.25, 0.3) is 0 Å². The van der Waals surface area contributed by atoms with Gasteiger partial charge in [-0.05, 0) is 49.1 Å². The Kier molecular flexibility index (Phi) is 6.98. The molecule has 35 heavy (non-hydrogen) atoms. The molecule has 0 atom stereocenters. The smallest absolute Gasteiger partial charge is 0.346 e. The van der Waals surface area contributed by atoms with E-state index in [-0.39, 0.29) is 18.3 Å². The lowest BCUT2D eigenvalue weighted by atomic mass is 10.0. The zero-order chi connectivity index (χ0) is 25.2. The predicted octanol–water partition coefficient (Wildman–Crippen LogP) is 5.00. The van der Waals surface area contributed by atoms with Gasteiger partial charge in [0.2, 0.25) is 5.91 Å². The highest BCUT2D eigenvalue weighted by Gasteiger charge is 2.29. The summed E-state index contributed by atoms with van der Waals surface area (Å²) in [5, 5.41) is 12.7. The summed E-state index contributed by atoms with van der Waals surface area (Å²) in [6, 6.07) is 8.07. The Morgan fingerprint density at radius 1 is 1.37 bits per heavy atom. The van der Waals surface area contributed by atoms with Gasteiger partial charge in [-0.25, -0.2) is 4.98 Å². The Bertz CT molecular complexity index is 1270. The van der Waals surface area contributed by atoms with Crippen LogP contribution in [0.25, 0.3) is 10.9 Å². The number of piperidine rings is 1. The van der Waals surface area contributed by atoms with Gasteiger partial charge in [0.15, 0.2) is 5.82 Å². The lowest BCUT2D eigenvalue weighted by Gasteiger charge is -2.33. The second kappa shape index (κ2) is 9.96. The van der Waals surface area contributed by atoms with Crippen LogP contribution in [0.15, 0.2) is 37.1 Å². The van der Waals surface area contributed by atoms with Crippen LogP contribution in [0.2, 0.25) is 0 Å². The highest BCUT2D eigenvalue weighted by Crippen LogP contribution is 2.30. The molecule has 2 N–H and O–H groups in total. The fraction of sp³-hybridized carbons (Fsp3) is 0.400. The van der Waals surface area contributed by atoms with Crippen LogP contribution < -0.4 is 5.32 Å². The maximum absolute atomic E-state index is 12.9. The first-order chi connectivity index (χ1) is 16.7. The number of aromatic amines is 1.